The van der Waals surface area contributed by atoms with Gasteiger partial charge in [-0.2, -0.15) is 0 Å². The van der Waals surface area contributed by atoms with Crippen LogP contribution in [0.1, 0.15) is 26.2 Å². The fraction of sp³-hybridized carbons (Fsp3) is 0.706. The number of ether oxygens (including phenoxy) is 4. The standard InChI is InChI=1S/C17H22O5/c1-16(12(22-16)7-6-10-4-5-10)15-14(20-3)11(18)8-13(19-2)17(15)9-21-17/h6,8,12,14-15H,4-5,7,9H2,1-3H3/t12-,14-,15-,16?,17-/m1/s1. The van der Waals surface area contributed by atoms with E-state index in [1.807, 2.05) is 0 Å². The first-order valence-corrected chi connectivity index (χ1v) is 7.87. The van der Waals surface area contributed by atoms with Crippen LogP contribution in [0.15, 0.2) is 23.5 Å². The van der Waals surface area contributed by atoms with Gasteiger partial charge in [0.2, 0.25) is 0 Å². The summed E-state index contributed by atoms with van der Waals surface area (Å²) in [5.41, 5.74) is 0.548. The van der Waals surface area contributed by atoms with Crippen LogP contribution in [-0.4, -0.2) is 50.0 Å². The zero-order valence-corrected chi connectivity index (χ0v) is 13.3. The topological polar surface area (TPSA) is 60.6 Å². The molecule has 0 radical (unpaired) electrons. The molecule has 5 heteroatoms. The van der Waals surface area contributed by atoms with Crippen LogP contribution in [0, 0.1) is 5.92 Å². The van der Waals surface area contributed by atoms with Crippen LogP contribution >= 0.6 is 0 Å². The Balaban J connectivity index is 1.62. The van der Waals surface area contributed by atoms with E-state index in [0.29, 0.717) is 12.4 Å². The van der Waals surface area contributed by atoms with Gasteiger partial charge in [0.15, 0.2) is 11.4 Å². The average molecular weight is 306 g/mol. The van der Waals surface area contributed by atoms with Crippen LogP contribution in [0.5, 0.6) is 0 Å². The Morgan fingerprint density at radius 3 is 2.68 bits per heavy atom. The maximum Gasteiger partial charge on any atom is 0.188 e. The normalized spacial score (nSPS) is 45.6. The van der Waals surface area contributed by atoms with E-state index in [1.54, 1.807) is 14.2 Å². The Morgan fingerprint density at radius 2 is 2.14 bits per heavy atom. The van der Waals surface area contributed by atoms with Crippen molar-refractivity contribution in [2.45, 2.75) is 49.6 Å². The molecule has 3 fully saturated rings. The van der Waals surface area contributed by atoms with Crippen molar-refractivity contribution < 1.29 is 23.7 Å². The number of allylic oxidation sites excluding steroid dienone is 1. The van der Waals surface area contributed by atoms with Gasteiger partial charge in [0, 0.05) is 13.2 Å². The Bertz CT molecular complexity index is 568. The molecule has 2 aliphatic carbocycles. The third-order valence-electron chi connectivity index (χ3n) is 5.46. The van der Waals surface area contributed by atoms with E-state index in [0.717, 1.165) is 6.42 Å². The Labute approximate surface area is 130 Å². The van der Waals surface area contributed by atoms with Gasteiger partial charge in [0.1, 0.15) is 17.5 Å². The van der Waals surface area contributed by atoms with Crippen LogP contribution in [0.3, 0.4) is 0 Å². The first-order valence-electron chi connectivity index (χ1n) is 7.87. The zero-order valence-electron chi connectivity index (χ0n) is 13.3. The highest BCUT2D eigenvalue weighted by atomic mass is 16.6. The Hall–Kier alpha value is -1.17. The highest BCUT2D eigenvalue weighted by Gasteiger charge is 2.73. The molecule has 4 aliphatic rings. The van der Waals surface area contributed by atoms with Crippen molar-refractivity contribution in [2.24, 2.45) is 5.92 Å². The zero-order chi connectivity index (χ0) is 15.5. The molecule has 0 bridgehead atoms. The second kappa shape index (κ2) is 4.66. The van der Waals surface area contributed by atoms with Crippen molar-refractivity contribution in [2.75, 3.05) is 20.8 Å². The molecule has 2 heterocycles. The lowest BCUT2D eigenvalue weighted by Crippen LogP contribution is -2.53. The Kier molecular flexibility index (Phi) is 3.06. The molecule has 22 heavy (non-hydrogen) atoms. The summed E-state index contributed by atoms with van der Waals surface area (Å²) in [7, 11) is 3.15. The molecule has 0 amide bonds. The predicted molar refractivity (Wildman–Crippen MR) is 78.3 cm³/mol. The molecule has 1 unspecified atom stereocenters. The average Bonchev–Trinajstić information content (AvgIpc) is 3.36. The van der Waals surface area contributed by atoms with E-state index in [2.05, 4.69) is 13.0 Å². The van der Waals surface area contributed by atoms with Gasteiger partial charge in [-0.05, 0) is 26.2 Å². The number of rotatable bonds is 5. The van der Waals surface area contributed by atoms with Crippen LogP contribution in [0.4, 0.5) is 0 Å². The molecule has 5 nitrogen and oxygen atoms in total. The molecule has 1 spiro atoms. The second-order valence-corrected chi connectivity index (χ2v) is 6.82. The molecule has 1 saturated carbocycles. The Morgan fingerprint density at radius 1 is 1.41 bits per heavy atom. The van der Waals surface area contributed by atoms with Crippen molar-refractivity contribution in [3.63, 3.8) is 0 Å². The van der Waals surface area contributed by atoms with Crippen molar-refractivity contribution in [1.82, 2.24) is 0 Å². The highest BCUT2D eigenvalue weighted by molar-refractivity contribution is 5.96. The van der Waals surface area contributed by atoms with Crippen LogP contribution in [0.2, 0.25) is 0 Å². The van der Waals surface area contributed by atoms with Gasteiger partial charge in [-0.25, -0.2) is 0 Å². The predicted octanol–water partition coefficient (Wildman–Crippen LogP) is 1.77. The molecule has 0 aromatic carbocycles. The summed E-state index contributed by atoms with van der Waals surface area (Å²) < 4.78 is 22.7. The minimum Gasteiger partial charge on any atom is -0.498 e. The van der Waals surface area contributed by atoms with Gasteiger partial charge >= 0.3 is 0 Å². The fourth-order valence-electron chi connectivity index (χ4n) is 3.92. The highest BCUT2D eigenvalue weighted by Crippen LogP contribution is 2.59. The van der Waals surface area contributed by atoms with Gasteiger partial charge in [-0.1, -0.05) is 11.6 Å². The first kappa shape index (κ1) is 14.4. The molecule has 2 aliphatic heterocycles. The van der Waals surface area contributed by atoms with Gasteiger partial charge < -0.3 is 18.9 Å². The minimum atomic E-state index is -0.556. The van der Waals surface area contributed by atoms with E-state index < -0.39 is 17.3 Å². The molecule has 0 aromatic rings. The summed E-state index contributed by atoms with van der Waals surface area (Å²) in [4.78, 5) is 12.4. The van der Waals surface area contributed by atoms with Crippen molar-refractivity contribution >= 4 is 5.78 Å². The summed E-state index contributed by atoms with van der Waals surface area (Å²) >= 11 is 0. The maximum atomic E-state index is 12.4. The van der Waals surface area contributed by atoms with E-state index >= 15 is 0 Å². The van der Waals surface area contributed by atoms with Gasteiger partial charge in [-0.3, -0.25) is 4.79 Å². The summed E-state index contributed by atoms with van der Waals surface area (Å²) in [6, 6.07) is 0. The first-order chi connectivity index (χ1) is 10.5. The third-order valence-corrected chi connectivity index (χ3v) is 5.46. The molecule has 0 N–H and O–H groups in total. The lowest BCUT2D eigenvalue weighted by molar-refractivity contribution is -0.134. The van der Waals surface area contributed by atoms with E-state index in [4.69, 9.17) is 18.9 Å². The molecule has 0 aromatic heterocycles. The van der Waals surface area contributed by atoms with Gasteiger partial charge in [-0.15, -0.1) is 0 Å². The smallest absolute Gasteiger partial charge is 0.188 e. The van der Waals surface area contributed by atoms with Gasteiger partial charge in [0.25, 0.3) is 0 Å². The van der Waals surface area contributed by atoms with Crippen LogP contribution < -0.4 is 0 Å². The number of ketones is 1. The summed E-state index contributed by atoms with van der Waals surface area (Å²) in [6.07, 6.45) is 6.71. The molecular formula is C17H22O5. The monoisotopic (exact) mass is 306 g/mol. The minimum absolute atomic E-state index is 0.0681. The summed E-state index contributed by atoms with van der Waals surface area (Å²) in [5.74, 6) is 0.369. The SMILES string of the molecule is COC1=CC(=O)[C@@H](OC)[C@H](C2(C)O[C@@H]2CC=C2CC2)[C@@]12CO2. The quantitative estimate of drug-likeness (QED) is 0.572. The summed E-state index contributed by atoms with van der Waals surface area (Å²) in [5, 5.41) is 0. The van der Waals surface area contributed by atoms with E-state index in [9.17, 15) is 4.79 Å². The van der Waals surface area contributed by atoms with E-state index in [-0.39, 0.29) is 17.8 Å². The van der Waals surface area contributed by atoms with Gasteiger partial charge in [0.05, 0.1) is 25.7 Å². The molecule has 5 atom stereocenters. The molecule has 2 saturated heterocycles. The molecular weight excluding hydrogens is 284 g/mol. The number of hydrogen-bond acceptors (Lipinski definition) is 5. The van der Waals surface area contributed by atoms with Crippen molar-refractivity contribution in [3.8, 4) is 0 Å². The third kappa shape index (κ3) is 1.99. The molecule has 4 rings (SSSR count). The van der Waals surface area contributed by atoms with Crippen LogP contribution in [0.25, 0.3) is 0 Å². The largest absolute Gasteiger partial charge is 0.498 e. The van der Waals surface area contributed by atoms with Crippen LogP contribution in [-0.2, 0) is 23.7 Å². The second-order valence-electron chi connectivity index (χ2n) is 6.82. The number of methoxy groups -OCH3 is 2. The van der Waals surface area contributed by atoms with Crippen molar-refractivity contribution in [1.29, 1.82) is 0 Å². The lowest BCUT2D eigenvalue weighted by atomic mass is 9.71. The fourth-order valence-corrected chi connectivity index (χ4v) is 3.92. The lowest BCUT2D eigenvalue weighted by Gasteiger charge is -2.36. The van der Waals surface area contributed by atoms with E-state index in [1.165, 1.54) is 24.5 Å². The van der Waals surface area contributed by atoms with Crippen molar-refractivity contribution in [3.05, 3.63) is 23.5 Å². The number of hydrogen-bond donors (Lipinski definition) is 0. The number of epoxide rings is 2. The maximum absolute atomic E-state index is 12.4. The number of carbonyl (C=O) groups excluding carboxylic acids is 1. The summed E-state index contributed by atoms with van der Waals surface area (Å²) in [6.45, 7) is 2.62. The molecule has 120 valence electrons. The number of carbonyl (C=O) groups is 1.